The first-order valence-electron chi connectivity index (χ1n) is 4.49. The molecule has 2 aromatic rings. The first-order valence-corrected chi connectivity index (χ1v) is 4.49. The predicted octanol–water partition coefficient (Wildman–Crippen LogP) is 1.06. The molecule has 0 saturated carbocycles. The van der Waals surface area contributed by atoms with Gasteiger partial charge in [-0.3, -0.25) is 5.10 Å². The van der Waals surface area contributed by atoms with E-state index in [1.807, 2.05) is 26.2 Å². The fourth-order valence-electron chi connectivity index (χ4n) is 1.27. The van der Waals surface area contributed by atoms with E-state index in [-0.39, 0.29) is 0 Å². The molecule has 14 heavy (non-hydrogen) atoms. The summed E-state index contributed by atoms with van der Waals surface area (Å²) in [7, 11) is 2.01. The number of aryl methyl sites for hydroxylation is 2. The largest absolute Gasteiger partial charge is 0.353 e. The van der Waals surface area contributed by atoms with Gasteiger partial charge in [-0.2, -0.15) is 4.98 Å². The number of rotatable bonds is 3. The second-order valence-corrected chi connectivity index (χ2v) is 3.21. The van der Waals surface area contributed by atoms with Gasteiger partial charge in [-0.05, 0) is 19.1 Å². The molecule has 0 aliphatic heterocycles. The van der Waals surface area contributed by atoms with Gasteiger partial charge in [0.2, 0.25) is 5.95 Å². The van der Waals surface area contributed by atoms with Gasteiger partial charge in [-0.1, -0.05) is 0 Å². The van der Waals surface area contributed by atoms with Crippen LogP contribution in [0.15, 0.2) is 18.3 Å². The Labute approximate surface area is 82.2 Å². The van der Waals surface area contributed by atoms with Gasteiger partial charge in [0.05, 0.1) is 6.54 Å². The number of anilines is 1. The molecule has 0 saturated heterocycles. The molecule has 2 heterocycles. The van der Waals surface area contributed by atoms with E-state index in [0.29, 0.717) is 5.95 Å². The number of hydrogen-bond donors (Lipinski definition) is 2. The molecule has 0 radical (unpaired) electrons. The zero-order chi connectivity index (χ0) is 9.97. The maximum Gasteiger partial charge on any atom is 0.242 e. The van der Waals surface area contributed by atoms with Gasteiger partial charge in [-0.15, -0.1) is 5.10 Å². The molecule has 2 rings (SSSR count). The lowest BCUT2D eigenvalue weighted by molar-refractivity contribution is 0.837. The first kappa shape index (κ1) is 8.80. The molecule has 0 spiro atoms. The summed E-state index contributed by atoms with van der Waals surface area (Å²) < 4.78 is 2.06. The minimum Gasteiger partial charge on any atom is -0.353 e. The second kappa shape index (κ2) is 3.53. The Bertz CT molecular complexity index is 414. The number of aromatic nitrogens is 4. The molecule has 2 aromatic heterocycles. The van der Waals surface area contributed by atoms with E-state index in [9.17, 15) is 0 Å². The minimum absolute atomic E-state index is 0.642. The van der Waals surface area contributed by atoms with Crippen molar-refractivity contribution in [3.05, 3.63) is 29.8 Å². The maximum absolute atomic E-state index is 4.15. The van der Waals surface area contributed by atoms with Crippen LogP contribution < -0.4 is 5.32 Å². The van der Waals surface area contributed by atoms with Crippen molar-refractivity contribution in [1.82, 2.24) is 19.7 Å². The molecule has 5 heteroatoms. The smallest absolute Gasteiger partial charge is 0.242 e. The molecule has 2 N–H and O–H groups in total. The average molecular weight is 191 g/mol. The van der Waals surface area contributed by atoms with Crippen LogP contribution in [0, 0.1) is 6.92 Å². The van der Waals surface area contributed by atoms with Crippen molar-refractivity contribution in [2.75, 3.05) is 5.32 Å². The molecular weight excluding hydrogens is 178 g/mol. The zero-order valence-electron chi connectivity index (χ0n) is 8.28. The van der Waals surface area contributed by atoms with E-state index < -0.39 is 0 Å². The van der Waals surface area contributed by atoms with Crippen LogP contribution in [0.25, 0.3) is 0 Å². The minimum atomic E-state index is 0.642. The van der Waals surface area contributed by atoms with E-state index in [0.717, 1.165) is 12.4 Å². The van der Waals surface area contributed by atoms with E-state index >= 15 is 0 Å². The molecule has 0 atom stereocenters. The molecule has 0 aliphatic carbocycles. The molecule has 0 bridgehead atoms. The highest BCUT2D eigenvalue weighted by Gasteiger charge is 2.00. The Morgan fingerprint density at radius 3 is 3.00 bits per heavy atom. The van der Waals surface area contributed by atoms with Crippen LogP contribution in [0.2, 0.25) is 0 Å². The third kappa shape index (κ3) is 1.76. The molecule has 0 fully saturated rings. The summed E-state index contributed by atoms with van der Waals surface area (Å²) in [6.07, 6.45) is 2.01. The number of H-pyrrole nitrogens is 1. The van der Waals surface area contributed by atoms with E-state index in [1.165, 1.54) is 5.69 Å². The summed E-state index contributed by atoms with van der Waals surface area (Å²) in [5.41, 5.74) is 1.20. The lowest BCUT2D eigenvalue weighted by Crippen LogP contribution is -2.04. The number of nitrogens with one attached hydrogen (secondary N) is 2. The van der Waals surface area contributed by atoms with Crippen molar-refractivity contribution in [2.24, 2.45) is 7.05 Å². The summed E-state index contributed by atoms with van der Waals surface area (Å²) in [6, 6.07) is 4.08. The van der Waals surface area contributed by atoms with Crippen molar-refractivity contribution < 1.29 is 0 Å². The summed E-state index contributed by atoms with van der Waals surface area (Å²) in [5, 5.41) is 9.91. The van der Waals surface area contributed by atoms with Gasteiger partial charge in [0.25, 0.3) is 0 Å². The van der Waals surface area contributed by atoms with Gasteiger partial charge in [0, 0.05) is 18.9 Å². The molecule has 0 aliphatic rings. The van der Waals surface area contributed by atoms with Crippen LogP contribution in [-0.4, -0.2) is 19.7 Å². The molecule has 5 nitrogen and oxygen atoms in total. The Morgan fingerprint density at radius 2 is 2.43 bits per heavy atom. The molecule has 74 valence electrons. The number of nitrogens with zero attached hydrogens (tertiary/aromatic N) is 3. The summed E-state index contributed by atoms with van der Waals surface area (Å²) >= 11 is 0. The van der Waals surface area contributed by atoms with Gasteiger partial charge in [0.15, 0.2) is 0 Å². The maximum atomic E-state index is 4.15. The standard InChI is InChI=1S/C9H13N5/c1-7-11-9(13-12-7)10-6-8-4-3-5-14(8)2/h3-5H,6H2,1-2H3,(H2,10,11,12,13). The number of aromatic amines is 1. The fourth-order valence-corrected chi connectivity index (χ4v) is 1.27. The predicted molar refractivity (Wildman–Crippen MR) is 53.9 cm³/mol. The van der Waals surface area contributed by atoms with E-state index in [1.54, 1.807) is 0 Å². The van der Waals surface area contributed by atoms with Crippen molar-refractivity contribution in [2.45, 2.75) is 13.5 Å². The van der Waals surface area contributed by atoms with E-state index in [2.05, 4.69) is 31.1 Å². The first-order chi connectivity index (χ1) is 6.75. The lowest BCUT2D eigenvalue weighted by Gasteiger charge is -2.02. The van der Waals surface area contributed by atoms with Crippen LogP contribution in [0.5, 0.6) is 0 Å². The van der Waals surface area contributed by atoms with Crippen molar-refractivity contribution in [3.8, 4) is 0 Å². The van der Waals surface area contributed by atoms with Crippen LogP contribution in [-0.2, 0) is 13.6 Å². The van der Waals surface area contributed by atoms with Gasteiger partial charge < -0.3 is 9.88 Å². The SMILES string of the molecule is Cc1nc(NCc2cccn2C)n[nH]1. The third-order valence-corrected chi connectivity index (χ3v) is 2.08. The Kier molecular flexibility index (Phi) is 2.22. The number of hydrogen-bond acceptors (Lipinski definition) is 3. The van der Waals surface area contributed by atoms with Crippen molar-refractivity contribution >= 4 is 5.95 Å². The zero-order valence-corrected chi connectivity index (χ0v) is 8.28. The molecular formula is C9H13N5. The Balaban J connectivity index is 1.98. The van der Waals surface area contributed by atoms with E-state index in [4.69, 9.17) is 0 Å². The van der Waals surface area contributed by atoms with Crippen molar-refractivity contribution in [3.63, 3.8) is 0 Å². The van der Waals surface area contributed by atoms with Gasteiger partial charge in [-0.25, -0.2) is 0 Å². The third-order valence-electron chi connectivity index (χ3n) is 2.08. The Hall–Kier alpha value is -1.78. The van der Waals surface area contributed by atoms with Gasteiger partial charge in [0.1, 0.15) is 5.82 Å². The monoisotopic (exact) mass is 191 g/mol. The van der Waals surface area contributed by atoms with Crippen LogP contribution >= 0.6 is 0 Å². The summed E-state index contributed by atoms with van der Waals surface area (Å²) in [6.45, 7) is 2.61. The normalized spacial score (nSPS) is 10.4. The highest BCUT2D eigenvalue weighted by Crippen LogP contribution is 2.03. The average Bonchev–Trinajstić information content (AvgIpc) is 2.72. The van der Waals surface area contributed by atoms with Crippen LogP contribution in [0.4, 0.5) is 5.95 Å². The highest BCUT2D eigenvalue weighted by atomic mass is 15.3. The molecule has 0 amide bonds. The molecule has 0 unspecified atom stereocenters. The quantitative estimate of drug-likeness (QED) is 0.762. The summed E-state index contributed by atoms with van der Waals surface area (Å²) in [5.74, 6) is 1.46. The van der Waals surface area contributed by atoms with Crippen LogP contribution in [0.3, 0.4) is 0 Å². The van der Waals surface area contributed by atoms with Crippen LogP contribution in [0.1, 0.15) is 11.5 Å². The van der Waals surface area contributed by atoms with Crippen molar-refractivity contribution in [1.29, 1.82) is 0 Å². The Morgan fingerprint density at radius 1 is 1.57 bits per heavy atom. The van der Waals surface area contributed by atoms with Gasteiger partial charge >= 0.3 is 0 Å². The topological polar surface area (TPSA) is 58.5 Å². The lowest BCUT2D eigenvalue weighted by atomic mass is 10.4. The second-order valence-electron chi connectivity index (χ2n) is 3.21. The summed E-state index contributed by atoms with van der Waals surface area (Å²) in [4.78, 5) is 4.15. The highest BCUT2D eigenvalue weighted by molar-refractivity contribution is 5.24. The molecule has 0 aromatic carbocycles. The fraction of sp³-hybridized carbons (Fsp3) is 0.333.